The van der Waals surface area contributed by atoms with Crippen LogP contribution in [0.3, 0.4) is 0 Å². The molecule has 0 aliphatic heterocycles. The molecular formula is C10H8ClN3O2. The van der Waals surface area contributed by atoms with Crippen molar-refractivity contribution in [2.24, 2.45) is 5.73 Å². The molecule has 5 nitrogen and oxygen atoms in total. The van der Waals surface area contributed by atoms with Gasteiger partial charge >= 0.3 is 0 Å². The Morgan fingerprint density at radius 2 is 2.25 bits per heavy atom. The first-order valence-electron chi connectivity index (χ1n) is 4.51. The fourth-order valence-corrected chi connectivity index (χ4v) is 1.69. The molecule has 0 aliphatic carbocycles. The number of primary amides is 1. The summed E-state index contributed by atoms with van der Waals surface area (Å²) in [5, 5.41) is 0.613. The highest BCUT2D eigenvalue weighted by atomic mass is 35.5. The third-order valence-electron chi connectivity index (χ3n) is 2.13. The average molecular weight is 238 g/mol. The van der Waals surface area contributed by atoms with E-state index in [1.165, 1.54) is 6.33 Å². The summed E-state index contributed by atoms with van der Waals surface area (Å²) in [4.78, 5) is 26.7. The maximum atomic E-state index is 11.9. The van der Waals surface area contributed by atoms with Crippen LogP contribution in [-0.4, -0.2) is 15.5 Å². The quantitative estimate of drug-likeness (QED) is 0.828. The van der Waals surface area contributed by atoms with Gasteiger partial charge in [-0.05, 0) is 12.1 Å². The van der Waals surface area contributed by atoms with Gasteiger partial charge in [-0.25, -0.2) is 4.98 Å². The van der Waals surface area contributed by atoms with E-state index < -0.39 is 5.91 Å². The fourth-order valence-electron chi connectivity index (χ4n) is 1.44. The Morgan fingerprint density at radius 3 is 2.94 bits per heavy atom. The summed E-state index contributed by atoms with van der Waals surface area (Å²) in [5.41, 5.74) is 5.15. The van der Waals surface area contributed by atoms with E-state index in [1.54, 1.807) is 18.2 Å². The highest BCUT2D eigenvalue weighted by Crippen LogP contribution is 2.17. The predicted octanol–water partition coefficient (Wildman–Crippen LogP) is 0.535. The first-order valence-corrected chi connectivity index (χ1v) is 4.89. The van der Waals surface area contributed by atoms with Crippen LogP contribution >= 0.6 is 11.6 Å². The number of hydrogen-bond acceptors (Lipinski definition) is 3. The highest BCUT2D eigenvalue weighted by Gasteiger charge is 2.08. The summed E-state index contributed by atoms with van der Waals surface area (Å²) >= 11 is 5.90. The highest BCUT2D eigenvalue weighted by molar-refractivity contribution is 6.35. The van der Waals surface area contributed by atoms with Gasteiger partial charge in [0.1, 0.15) is 6.54 Å². The number of hydrogen-bond donors (Lipinski definition) is 1. The molecule has 82 valence electrons. The van der Waals surface area contributed by atoms with Crippen LogP contribution in [0.4, 0.5) is 0 Å². The summed E-state index contributed by atoms with van der Waals surface area (Å²) in [7, 11) is 0. The van der Waals surface area contributed by atoms with Crippen molar-refractivity contribution in [2.75, 3.05) is 0 Å². The molecule has 2 N–H and O–H groups in total. The van der Waals surface area contributed by atoms with Gasteiger partial charge in [0, 0.05) is 0 Å². The first kappa shape index (κ1) is 10.6. The lowest BCUT2D eigenvalue weighted by molar-refractivity contribution is -0.118. The maximum absolute atomic E-state index is 11.9. The zero-order valence-electron chi connectivity index (χ0n) is 8.18. The van der Waals surface area contributed by atoms with Crippen molar-refractivity contribution < 1.29 is 4.79 Å². The Balaban J connectivity index is 2.73. The van der Waals surface area contributed by atoms with Gasteiger partial charge in [-0.15, -0.1) is 0 Å². The number of amides is 1. The molecule has 1 aromatic heterocycles. The predicted molar refractivity (Wildman–Crippen MR) is 60.2 cm³/mol. The second-order valence-electron chi connectivity index (χ2n) is 3.28. The van der Waals surface area contributed by atoms with E-state index in [1.807, 2.05) is 0 Å². The van der Waals surface area contributed by atoms with Gasteiger partial charge in [0.05, 0.1) is 22.3 Å². The van der Waals surface area contributed by atoms with E-state index >= 15 is 0 Å². The van der Waals surface area contributed by atoms with Crippen LogP contribution in [0, 0.1) is 0 Å². The van der Waals surface area contributed by atoms with Crippen molar-refractivity contribution in [3.63, 3.8) is 0 Å². The van der Waals surface area contributed by atoms with E-state index in [0.717, 1.165) is 4.57 Å². The van der Waals surface area contributed by atoms with Gasteiger partial charge in [0.2, 0.25) is 5.91 Å². The minimum Gasteiger partial charge on any atom is -0.368 e. The third-order valence-corrected chi connectivity index (χ3v) is 2.44. The Labute approximate surface area is 95.5 Å². The Morgan fingerprint density at radius 1 is 1.50 bits per heavy atom. The van der Waals surface area contributed by atoms with Crippen LogP contribution in [0.1, 0.15) is 0 Å². The van der Waals surface area contributed by atoms with Crippen LogP contribution in [0.15, 0.2) is 29.3 Å². The standard InChI is InChI=1S/C10H8ClN3O2/c11-6-2-1-3-7-9(6)10(16)14(5-13-7)4-8(12)15/h1-3,5H,4H2,(H2,12,15). The van der Waals surface area contributed by atoms with E-state index in [9.17, 15) is 9.59 Å². The van der Waals surface area contributed by atoms with E-state index in [-0.39, 0.29) is 12.1 Å². The van der Waals surface area contributed by atoms with Gasteiger partial charge in [0.25, 0.3) is 5.56 Å². The number of halogens is 1. The lowest BCUT2D eigenvalue weighted by Gasteiger charge is -2.04. The molecular weight excluding hydrogens is 230 g/mol. The molecule has 1 amide bonds. The summed E-state index contributed by atoms with van der Waals surface area (Å²) in [6.07, 6.45) is 1.28. The lowest BCUT2D eigenvalue weighted by atomic mass is 10.2. The Hall–Kier alpha value is -1.88. The van der Waals surface area contributed by atoms with Gasteiger partial charge in [0.15, 0.2) is 0 Å². The number of carbonyl (C=O) groups excluding carboxylic acids is 1. The molecule has 0 atom stereocenters. The number of fused-ring (bicyclic) bond motifs is 1. The first-order chi connectivity index (χ1) is 7.59. The molecule has 0 unspecified atom stereocenters. The topological polar surface area (TPSA) is 78.0 Å². The van der Waals surface area contributed by atoms with Gasteiger partial charge < -0.3 is 5.73 Å². The monoisotopic (exact) mass is 237 g/mol. The second-order valence-corrected chi connectivity index (χ2v) is 3.69. The molecule has 0 bridgehead atoms. The van der Waals surface area contributed by atoms with Crippen LogP contribution in [0.25, 0.3) is 10.9 Å². The minimum absolute atomic E-state index is 0.201. The molecule has 0 saturated heterocycles. The van der Waals surface area contributed by atoms with Gasteiger partial charge in [-0.3, -0.25) is 14.2 Å². The van der Waals surface area contributed by atoms with Crippen LogP contribution in [0.5, 0.6) is 0 Å². The van der Waals surface area contributed by atoms with Crippen molar-refractivity contribution in [1.82, 2.24) is 9.55 Å². The molecule has 2 aromatic rings. The number of aromatic nitrogens is 2. The molecule has 1 heterocycles. The molecule has 0 saturated carbocycles. The molecule has 0 radical (unpaired) electrons. The molecule has 0 aliphatic rings. The number of benzene rings is 1. The summed E-state index contributed by atoms with van der Waals surface area (Å²) in [5.74, 6) is -0.602. The third kappa shape index (κ3) is 1.77. The summed E-state index contributed by atoms with van der Waals surface area (Å²) < 4.78 is 1.14. The zero-order valence-corrected chi connectivity index (χ0v) is 8.94. The van der Waals surface area contributed by atoms with E-state index in [2.05, 4.69) is 4.98 Å². The molecule has 0 fully saturated rings. The smallest absolute Gasteiger partial charge is 0.263 e. The Bertz CT molecular complexity index is 621. The van der Waals surface area contributed by atoms with Crippen molar-refractivity contribution in [3.05, 3.63) is 39.9 Å². The summed E-state index contributed by atoms with van der Waals surface area (Å²) in [6.45, 7) is -0.201. The maximum Gasteiger partial charge on any atom is 0.263 e. The minimum atomic E-state index is -0.602. The Kier molecular flexibility index (Phi) is 2.62. The normalized spacial score (nSPS) is 10.6. The number of nitrogens with two attached hydrogens (primary N) is 1. The average Bonchev–Trinajstić information content (AvgIpc) is 2.22. The van der Waals surface area contributed by atoms with Gasteiger partial charge in [-0.2, -0.15) is 0 Å². The van der Waals surface area contributed by atoms with E-state index in [0.29, 0.717) is 15.9 Å². The molecule has 1 aromatic carbocycles. The second kappa shape index (κ2) is 3.94. The van der Waals surface area contributed by atoms with Crippen molar-refractivity contribution in [2.45, 2.75) is 6.54 Å². The van der Waals surface area contributed by atoms with Crippen molar-refractivity contribution in [3.8, 4) is 0 Å². The van der Waals surface area contributed by atoms with E-state index in [4.69, 9.17) is 17.3 Å². The zero-order chi connectivity index (χ0) is 11.7. The van der Waals surface area contributed by atoms with Crippen molar-refractivity contribution >= 4 is 28.4 Å². The van der Waals surface area contributed by atoms with Crippen LogP contribution < -0.4 is 11.3 Å². The molecule has 2 rings (SSSR count). The molecule has 6 heteroatoms. The van der Waals surface area contributed by atoms with Gasteiger partial charge in [-0.1, -0.05) is 17.7 Å². The number of carbonyl (C=O) groups is 1. The van der Waals surface area contributed by atoms with Crippen LogP contribution in [0.2, 0.25) is 5.02 Å². The largest absolute Gasteiger partial charge is 0.368 e. The SMILES string of the molecule is NC(=O)Cn1cnc2cccc(Cl)c2c1=O. The number of rotatable bonds is 2. The molecule has 0 spiro atoms. The lowest BCUT2D eigenvalue weighted by Crippen LogP contribution is -2.28. The number of nitrogens with zero attached hydrogens (tertiary/aromatic N) is 2. The van der Waals surface area contributed by atoms with Crippen molar-refractivity contribution in [1.29, 1.82) is 0 Å². The fraction of sp³-hybridized carbons (Fsp3) is 0.100. The summed E-state index contributed by atoms with van der Waals surface area (Å²) in [6, 6.07) is 4.98. The molecule has 16 heavy (non-hydrogen) atoms. The van der Waals surface area contributed by atoms with Crippen LogP contribution in [-0.2, 0) is 11.3 Å².